The topological polar surface area (TPSA) is 40.5 Å². The molecule has 3 atom stereocenters. The molecular formula is C19H23BO2. The summed E-state index contributed by atoms with van der Waals surface area (Å²) >= 11 is 0. The summed E-state index contributed by atoms with van der Waals surface area (Å²) in [5.41, 5.74) is 6.52. The van der Waals surface area contributed by atoms with Crippen LogP contribution in [-0.4, -0.2) is 24.2 Å². The molecule has 1 saturated carbocycles. The molecule has 3 heteroatoms. The first-order valence-electron chi connectivity index (χ1n) is 8.37. The highest BCUT2D eigenvalue weighted by Crippen LogP contribution is 2.62. The standard InChI is InChI=1S/C19H23BO2/c1-11-13-3-4-15-16-9-12(21)10-19(16,20)8-7-18(15,2)14(13)5-6-17(11)22/h5-6,12,21-22H,3-4,7-10H2,1-2H3/t12-,18-,19+/m0/s1. The SMILES string of the molecule is [B][C@@]12CC[C@]3(C)C(=C1C[C@H](O)C2)CCc1c3ccc(O)c1C. The van der Waals surface area contributed by atoms with Crippen LogP contribution in [-0.2, 0) is 11.8 Å². The molecule has 1 fully saturated rings. The molecule has 1 aromatic rings. The van der Waals surface area contributed by atoms with E-state index in [0.717, 1.165) is 37.7 Å². The van der Waals surface area contributed by atoms with Gasteiger partial charge in [-0.15, -0.1) is 0 Å². The summed E-state index contributed by atoms with van der Waals surface area (Å²) in [4.78, 5) is 0. The quantitative estimate of drug-likeness (QED) is 0.568. The van der Waals surface area contributed by atoms with E-state index in [1.165, 1.54) is 22.3 Å². The third kappa shape index (κ3) is 1.72. The molecule has 2 N–H and O–H groups in total. The molecule has 0 heterocycles. The van der Waals surface area contributed by atoms with Crippen molar-refractivity contribution in [1.29, 1.82) is 0 Å². The lowest BCUT2D eigenvalue weighted by molar-refractivity contribution is 0.179. The second-order valence-electron chi connectivity index (χ2n) is 7.74. The maximum atomic E-state index is 10.1. The lowest BCUT2D eigenvalue weighted by Crippen LogP contribution is -2.37. The summed E-state index contributed by atoms with van der Waals surface area (Å²) < 4.78 is 0. The fourth-order valence-electron chi connectivity index (χ4n) is 5.25. The minimum absolute atomic E-state index is 0.0221. The van der Waals surface area contributed by atoms with Gasteiger partial charge in [0.25, 0.3) is 0 Å². The number of phenols is 1. The molecule has 114 valence electrons. The van der Waals surface area contributed by atoms with Gasteiger partial charge >= 0.3 is 0 Å². The Morgan fingerprint density at radius 2 is 1.95 bits per heavy atom. The Labute approximate surface area is 133 Å². The van der Waals surface area contributed by atoms with Crippen molar-refractivity contribution in [3.63, 3.8) is 0 Å². The zero-order valence-corrected chi connectivity index (χ0v) is 13.4. The van der Waals surface area contributed by atoms with Crippen LogP contribution in [0.25, 0.3) is 0 Å². The molecular weight excluding hydrogens is 271 g/mol. The number of aliphatic hydroxyl groups is 1. The maximum Gasteiger partial charge on any atom is 0.118 e. The Morgan fingerprint density at radius 1 is 1.18 bits per heavy atom. The van der Waals surface area contributed by atoms with E-state index in [0.29, 0.717) is 12.2 Å². The lowest BCUT2D eigenvalue weighted by Gasteiger charge is -2.48. The minimum Gasteiger partial charge on any atom is -0.508 e. The average Bonchev–Trinajstić information content (AvgIpc) is 2.77. The van der Waals surface area contributed by atoms with Crippen LogP contribution in [0.5, 0.6) is 5.75 Å². The van der Waals surface area contributed by atoms with Crippen molar-refractivity contribution in [3.8, 4) is 5.75 Å². The molecule has 22 heavy (non-hydrogen) atoms. The first-order valence-corrected chi connectivity index (χ1v) is 8.37. The van der Waals surface area contributed by atoms with Crippen LogP contribution < -0.4 is 0 Å². The Bertz CT molecular complexity index is 693. The number of phenolic OH excluding ortho intramolecular Hbond substituents is 1. The summed E-state index contributed by atoms with van der Waals surface area (Å²) in [6.07, 6.45) is 5.13. The van der Waals surface area contributed by atoms with Gasteiger partial charge in [0.15, 0.2) is 0 Å². The smallest absolute Gasteiger partial charge is 0.118 e. The van der Waals surface area contributed by atoms with Crippen LogP contribution in [0.3, 0.4) is 0 Å². The van der Waals surface area contributed by atoms with Gasteiger partial charge in [-0.1, -0.05) is 30.6 Å². The van der Waals surface area contributed by atoms with E-state index in [1.54, 1.807) is 0 Å². The van der Waals surface area contributed by atoms with Gasteiger partial charge in [-0.2, -0.15) is 0 Å². The fourth-order valence-corrected chi connectivity index (χ4v) is 5.25. The van der Waals surface area contributed by atoms with Crippen molar-refractivity contribution in [2.75, 3.05) is 0 Å². The largest absolute Gasteiger partial charge is 0.508 e. The van der Waals surface area contributed by atoms with Crippen LogP contribution >= 0.6 is 0 Å². The number of allylic oxidation sites excluding steroid dienone is 1. The Hall–Kier alpha value is -1.22. The average molecular weight is 294 g/mol. The van der Waals surface area contributed by atoms with E-state index < -0.39 is 0 Å². The van der Waals surface area contributed by atoms with Gasteiger partial charge < -0.3 is 10.2 Å². The molecule has 0 amide bonds. The third-order valence-electron chi connectivity index (χ3n) is 6.53. The monoisotopic (exact) mass is 294 g/mol. The number of rotatable bonds is 0. The lowest BCUT2D eigenvalue weighted by atomic mass is 9.50. The normalized spacial score (nSPS) is 36.8. The van der Waals surface area contributed by atoms with Gasteiger partial charge in [-0.25, -0.2) is 0 Å². The predicted molar refractivity (Wildman–Crippen MR) is 88.5 cm³/mol. The van der Waals surface area contributed by atoms with Crippen molar-refractivity contribution in [3.05, 3.63) is 40.0 Å². The molecule has 2 radical (unpaired) electrons. The molecule has 3 aliphatic carbocycles. The molecule has 0 saturated heterocycles. The Morgan fingerprint density at radius 3 is 2.73 bits per heavy atom. The number of hydrogen-bond acceptors (Lipinski definition) is 2. The van der Waals surface area contributed by atoms with E-state index in [2.05, 4.69) is 13.0 Å². The molecule has 0 aliphatic heterocycles. The molecule has 0 unspecified atom stereocenters. The van der Waals surface area contributed by atoms with Gasteiger partial charge in [0.1, 0.15) is 5.75 Å². The number of aliphatic hydroxyl groups excluding tert-OH is 1. The van der Waals surface area contributed by atoms with Gasteiger partial charge in [0.2, 0.25) is 0 Å². The Kier molecular flexibility index (Phi) is 2.88. The van der Waals surface area contributed by atoms with Crippen molar-refractivity contribution < 1.29 is 10.2 Å². The van der Waals surface area contributed by atoms with E-state index in [1.807, 2.05) is 13.0 Å². The molecule has 0 spiro atoms. The molecule has 2 nitrogen and oxygen atoms in total. The summed E-state index contributed by atoms with van der Waals surface area (Å²) in [5.74, 6) is 0.402. The molecule has 0 bridgehead atoms. The van der Waals surface area contributed by atoms with Crippen LogP contribution in [0.4, 0.5) is 0 Å². The molecule has 4 rings (SSSR count). The van der Waals surface area contributed by atoms with Crippen LogP contribution in [0.2, 0.25) is 5.31 Å². The summed E-state index contributed by atoms with van der Waals surface area (Å²) in [5, 5.41) is 19.9. The molecule has 1 aromatic carbocycles. The predicted octanol–water partition coefficient (Wildman–Crippen LogP) is 3.48. The fraction of sp³-hybridized carbons (Fsp3) is 0.579. The second-order valence-corrected chi connectivity index (χ2v) is 7.74. The highest BCUT2D eigenvalue weighted by atomic mass is 16.3. The summed E-state index contributed by atoms with van der Waals surface area (Å²) in [6, 6.07) is 3.94. The zero-order valence-electron chi connectivity index (χ0n) is 13.4. The van der Waals surface area contributed by atoms with Crippen molar-refractivity contribution in [2.45, 2.75) is 69.2 Å². The number of aromatic hydroxyl groups is 1. The molecule has 0 aromatic heterocycles. The van der Waals surface area contributed by atoms with Crippen LogP contribution in [0.15, 0.2) is 23.3 Å². The Balaban J connectivity index is 1.92. The maximum absolute atomic E-state index is 10.1. The van der Waals surface area contributed by atoms with Gasteiger partial charge in [-0.05, 0) is 67.1 Å². The second kappa shape index (κ2) is 4.41. The number of benzene rings is 1. The first kappa shape index (κ1) is 14.4. The summed E-state index contributed by atoms with van der Waals surface area (Å²) in [6.45, 7) is 4.35. The molecule has 3 aliphatic rings. The third-order valence-corrected chi connectivity index (χ3v) is 6.53. The van der Waals surface area contributed by atoms with Crippen molar-refractivity contribution in [2.24, 2.45) is 0 Å². The highest BCUT2D eigenvalue weighted by Gasteiger charge is 2.50. The zero-order chi connectivity index (χ0) is 15.7. The summed E-state index contributed by atoms with van der Waals surface area (Å²) in [7, 11) is 6.64. The van der Waals surface area contributed by atoms with Crippen molar-refractivity contribution in [1.82, 2.24) is 0 Å². The van der Waals surface area contributed by atoms with Crippen molar-refractivity contribution >= 4 is 7.85 Å². The van der Waals surface area contributed by atoms with E-state index in [9.17, 15) is 10.2 Å². The van der Waals surface area contributed by atoms with Gasteiger partial charge in [0.05, 0.1) is 14.0 Å². The number of hydrogen-bond donors (Lipinski definition) is 2. The number of fused-ring (bicyclic) bond motifs is 4. The van der Waals surface area contributed by atoms with E-state index >= 15 is 0 Å². The highest BCUT2D eigenvalue weighted by molar-refractivity contribution is 6.18. The van der Waals surface area contributed by atoms with E-state index in [-0.39, 0.29) is 16.8 Å². The first-order chi connectivity index (χ1) is 10.3. The minimum atomic E-state index is -0.280. The van der Waals surface area contributed by atoms with Crippen LogP contribution in [0, 0.1) is 6.92 Å². The van der Waals surface area contributed by atoms with Gasteiger partial charge in [-0.3, -0.25) is 0 Å². The van der Waals surface area contributed by atoms with Gasteiger partial charge in [0, 0.05) is 5.41 Å². The van der Waals surface area contributed by atoms with E-state index in [4.69, 9.17) is 7.85 Å². The van der Waals surface area contributed by atoms with Crippen LogP contribution in [0.1, 0.15) is 55.7 Å².